The molecule has 0 aromatic carbocycles. The maximum absolute atomic E-state index is 12.6. The van der Waals surface area contributed by atoms with Crippen LogP contribution < -0.4 is 5.73 Å². The van der Waals surface area contributed by atoms with E-state index in [4.69, 9.17) is 5.73 Å². The van der Waals surface area contributed by atoms with Crippen LogP contribution in [0.1, 0.15) is 65.7 Å². The lowest BCUT2D eigenvalue weighted by Gasteiger charge is -2.46. The van der Waals surface area contributed by atoms with Crippen molar-refractivity contribution in [3.05, 3.63) is 0 Å². The second-order valence-corrected chi connectivity index (χ2v) is 7.77. The van der Waals surface area contributed by atoms with Gasteiger partial charge in [-0.1, -0.05) is 40.0 Å². The molecule has 0 unspecified atom stereocenters. The Morgan fingerprint density at radius 1 is 1.11 bits per heavy atom. The molecule has 0 bridgehead atoms. The standard InChI is InChI=1S/C16H30N2O/c1-15(2,3)13(17)14(19)18-11-7-10-16(12-18)8-5-4-6-9-16/h13H,4-12,17H2,1-3H3/t13-/m1/s1. The SMILES string of the molecule is CC(C)(C)[C@H](N)C(=O)N1CCCC2(CCCCC2)C1. The Morgan fingerprint density at radius 3 is 2.26 bits per heavy atom. The fourth-order valence-corrected chi connectivity index (χ4v) is 3.67. The summed E-state index contributed by atoms with van der Waals surface area (Å²) in [5.74, 6) is 0.164. The topological polar surface area (TPSA) is 46.3 Å². The lowest BCUT2D eigenvalue weighted by atomic mass is 9.69. The fourth-order valence-electron chi connectivity index (χ4n) is 3.67. The third kappa shape index (κ3) is 3.31. The first-order chi connectivity index (χ1) is 8.84. The van der Waals surface area contributed by atoms with Crippen LogP contribution in [0, 0.1) is 10.8 Å². The lowest BCUT2D eigenvalue weighted by molar-refractivity contribution is -0.139. The van der Waals surface area contributed by atoms with Crippen LogP contribution in [0.5, 0.6) is 0 Å². The van der Waals surface area contributed by atoms with E-state index in [1.54, 1.807) is 0 Å². The van der Waals surface area contributed by atoms with Crippen LogP contribution in [0.15, 0.2) is 0 Å². The molecule has 1 amide bonds. The van der Waals surface area contributed by atoms with Gasteiger partial charge < -0.3 is 10.6 Å². The minimum atomic E-state index is -0.369. The summed E-state index contributed by atoms with van der Waals surface area (Å²) in [7, 11) is 0. The summed E-state index contributed by atoms with van der Waals surface area (Å²) in [6.07, 6.45) is 9.13. The minimum Gasteiger partial charge on any atom is -0.341 e. The molecular formula is C16H30N2O. The van der Waals surface area contributed by atoms with Crippen molar-refractivity contribution >= 4 is 5.91 Å². The molecule has 110 valence electrons. The number of carbonyl (C=O) groups excluding carboxylic acids is 1. The molecule has 3 heteroatoms. The highest BCUT2D eigenvalue weighted by Gasteiger charge is 2.40. The van der Waals surface area contributed by atoms with Gasteiger partial charge in [-0.05, 0) is 36.5 Å². The molecule has 1 spiro atoms. The van der Waals surface area contributed by atoms with E-state index in [2.05, 4.69) is 25.7 Å². The van der Waals surface area contributed by atoms with Crippen molar-refractivity contribution in [3.63, 3.8) is 0 Å². The van der Waals surface area contributed by atoms with E-state index < -0.39 is 0 Å². The molecule has 1 heterocycles. The van der Waals surface area contributed by atoms with Crippen LogP contribution in [0.25, 0.3) is 0 Å². The first kappa shape index (κ1) is 14.8. The molecular weight excluding hydrogens is 236 g/mol. The summed E-state index contributed by atoms with van der Waals surface area (Å²) >= 11 is 0. The minimum absolute atomic E-state index is 0.145. The predicted octanol–water partition coefficient (Wildman–Crippen LogP) is 2.93. The quantitative estimate of drug-likeness (QED) is 0.793. The van der Waals surface area contributed by atoms with Gasteiger partial charge in [0.05, 0.1) is 6.04 Å². The van der Waals surface area contributed by atoms with Gasteiger partial charge in [0, 0.05) is 13.1 Å². The number of rotatable bonds is 1. The number of likely N-dealkylation sites (tertiary alicyclic amines) is 1. The van der Waals surface area contributed by atoms with Gasteiger partial charge >= 0.3 is 0 Å². The van der Waals surface area contributed by atoms with E-state index >= 15 is 0 Å². The highest BCUT2D eigenvalue weighted by Crippen LogP contribution is 2.43. The van der Waals surface area contributed by atoms with Crippen LogP contribution in [0.4, 0.5) is 0 Å². The second kappa shape index (κ2) is 5.43. The van der Waals surface area contributed by atoms with Crippen LogP contribution in [-0.4, -0.2) is 29.9 Å². The predicted molar refractivity (Wildman–Crippen MR) is 78.8 cm³/mol. The Kier molecular flexibility index (Phi) is 4.24. The first-order valence-corrected chi connectivity index (χ1v) is 7.89. The summed E-state index contributed by atoms with van der Waals surface area (Å²) in [4.78, 5) is 14.6. The molecule has 1 atom stereocenters. The third-order valence-electron chi connectivity index (χ3n) is 5.09. The summed E-state index contributed by atoms with van der Waals surface area (Å²) in [6.45, 7) is 8.02. The number of nitrogens with two attached hydrogens (primary N) is 1. The average Bonchev–Trinajstić information content (AvgIpc) is 2.37. The van der Waals surface area contributed by atoms with Gasteiger partial charge in [-0.15, -0.1) is 0 Å². The van der Waals surface area contributed by atoms with Gasteiger partial charge in [0.25, 0.3) is 0 Å². The number of nitrogens with zero attached hydrogens (tertiary/aromatic N) is 1. The summed E-state index contributed by atoms with van der Waals surface area (Å²) in [6, 6.07) is -0.369. The maximum Gasteiger partial charge on any atom is 0.240 e. The molecule has 0 radical (unpaired) electrons. The van der Waals surface area contributed by atoms with Crippen LogP contribution in [0.2, 0.25) is 0 Å². The molecule has 1 saturated heterocycles. The third-order valence-corrected chi connectivity index (χ3v) is 5.09. The Hall–Kier alpha value is -0.570. The smallest absolute Gasteiger partial charge is 0.240 e. The summed E-state index contributed by atoms with van der Waals surface area (Å²) in [5.41, 5.74) is 6.43. The van der Waals surface area contributed by atoms with Crippen molar-refractivity contribution in [1.82, 2.24) is 4.90 Å². The average molecular weight is 266 g/mol. The number of hydrogen-bond acceptors (Lipinski definition) is 2. The number of hydrogen-bond donors (Lipinski definition) is 1. The Balaban J connectivity index is 2.02. The molecule has 0 aromatic rings. The van der Waals surface area contributed by atoms with Crippen molar-refractivity contribution in [3.8, 4) is 0 Å². The van der Waals surface area contributed by atoms with Crippen molar-refractivity contribution in [2.75, 3.05) is 13.1 Å². The van der Waals surface area contributed by atoms with Gasteiger partial charge in [-0.2, -0.15) is 0 Å². The first-order valence-electron chi connectivity index (χ1n) is 7.89. The van der Waals surface area contributed by atoms with Gasteiger partial charge in [0.1, 0.15) is 0 Å². The molecule has 1 aliphatic heterocycles. The zero-order valence-corrected chi connectivity index (χ0v) is 12.9. The molecule has 3 nitrogen and oxygen atoms in total. The number of piperidine rings is 1. The van der Waals surface area contributed by atoms with Gasteiger partial charge in [-0.25, -0.2) is 0 Å². The van der Waals surface area contributed by atoms with E-state index in [9.17, 15) is 4.79 Å². The van der Waals surface area contributed by atoms with Crippen LogP contribution >= 0.6 is 0 Å². The Morgan fingerprint density at radius 2 is 1.68 bits per heavy atom. The lowest BCUT2D eigenvalue weighted by Crippen LogP contribution is -2.55. The number of amides is 1. The van der Waals surface area contributed by atoms with E-state index in [1.807, 2.05) is 0 Å². The maximum atomic E-state index is 12.6. The molecule has 2 N–H and O–H groups in total. The van der Waals surface area contributed by atoms with Crippen LogP contribution in [0.3, 0.4) is 0 Å². The molecule has 2 aliphatic rings. The van der Waals surface area contributed by atoms with E-state index in [-0.39, 0.29) is 17.4 Å². The Labute approximate surface area is 117 Å². The molecule has 0 aromatic heterocycles. The van der Waals surface area contributed by atoms with Gasteiger partial charge in [0.2, 0.25) is 5.91 Å². The molecule has 1 aliphatic carbocycles. The molecule has 2 fully saturated rings. The van der Waals surface area contributed by atoms with Gasteiger partial charge in [-0.3, -0.25) is 4.79 Å². The summed E-state index contributed by atoms with van der Waals surface area (Å²) in [5, 5.41) is 0. The van der Waals surface area contributed by atoms with Gasteiger partial charge in [0.15, 0.2) is 0 Å². The molecule has 19 heavy (non-hydrogen) atoms. The van der Waals surface area contributed by atoms with Crippen molar-refractivity contribution in [1.29, 1.82) is 0 Å². The normalized spacial score (nSPS) is 25.4. The van der Waals surface area contributed by atoms with Crippen molar-refractivity contribution in [2.24, 2.45) is 16.6 Å². The molecule has 1 saturated carbocycles. The second-order valence-electron chi connectivity index (χ2n) is 7.77. The summed E-state index contributed by atoms with van der Waals surface area (Å²) < 4.78 is 0. The van der Waals surface area contributed by atoms with Crippen LogP contribution in [-0.2, 0) is 4.79 Å². The largest absolute Gasteiger partial charge is 0.341 e. The zero-order chi connectivity index (χ0) is 14.1. The fraction of sp³-hybridized carbons (Fsp3) is 0.938. The Bertz CT molecular complexity index is 321. The van der Waals surface area contributed by atoms with Crippen molar-refractivity contribution in [2.45, 2.75) is 71.8 Å². The van der Waals surface area contributed by atoms with E-state index in [0.717, 1.165) is 19.5 Å². The van der Waals surface area contributed by atoms with E-state index in [1.165, 1.54) is 38.5 Å². The monoisotopic (exact) mass is 266 g/mol. The van der Waals surface area contributed by atoms with Crippen molar-refractivity contribution < 1.29 is 4.79 Å². The molecule has 2 rings (SSSR count). The zero-order valence-electron chi connectivity index (χ0n) is 12.9. The number of carbonyl (C=O) groups is 1. The highest BCUT2D eigenvalue weighted by molar-refractivity contribution is 5.82. The highest BCUT2D eigenvalue weighted by atomic mass is 16.2. The van der Waals surface area contributed by atoms with E-state index in [0.29, 0.717) is 5.41 Å².